The van der Waals surface area contributed by atoms with Gasteiger partial charge in [0.1, 0.15) is 5.75 Å². The molecule has 0 bridgehead atoms. The summed E-state index contributed by atoms with van der Waals surface area (Å²) >= 11 is 0. The van der Waals surface area contributed by atoms with Gasteiger partial charge in [-0.1, -0.05) is 0 Å². The SMILES string of the molecule is COc1cc2c(cc1C)COC2O. The van der Waals surface area contributed by atoms with E-state index in [1.807, 2.05) is 19.1 Å². The molecule has 1 unspecified atom stereocenters. The molecule has 1 aliphatic heterocycles. The number of ether oxygens (including phenoxy) is 2. The highest BCUT2D eigenvalue weighted by Gasteiger charge is 2.22. The maximum Gasteiger partial charge on any atom is 0.182 e. The lowest BCUT2D eigenvalue weighted by Gasteiger charge is -2.08. The van der Waals surface area contributed by atoms with E-state index in [1.165, 1.54) is 0 Å². The molecule has 1 aromatic carbocycles. The van der Waals surface area contributed by atoms with Gasteiger partial charge in [0.2, 0.25) is 0 Å². The van der Waals surface area contributed by atoms with Crippen LogP contribution >= 0.6 is 0 Å². The largest absolute Gasteiger partial charge is 0.496 e. The van der Waals surface area contributed by atoms with Gasteiger partial charge in [0.25, 0.3) is 0 Å². The highest BCUT2D eigenvalue weighted by molar-refractivity contribution is 5.43. The third-order valence-corrected chi connectivity index (χ3v) is 2.32. The zero-order valence-electron chi connectivity index (χ0n) is 7.70. The lowest BCUT2D eigenvalue weighted by atomic mass is 10.1. The van der Waals surface area contributed by atoms with Gasteiger partial charge in [0, 0.05) is 5.56 Å². The zero-order valence-corrected chi connectivity index (χ0v) is 7.70. The van der Waals surface area contributed by atoms with E-state index in [9.17, 15) is 5.11 Å². The van der Waals surface area contributed by atoms with Crippen molar-refractivity contribution in [2.24, 2.45) is 0 Å². The van der Waals surface area contributed by atoms with Gasteiger partial charge in [-0.15, -0.1) is 0 Å². The Balaban J connectivity index is 2.51. The summed E-state index contributed by atoms with van der Waals surface area (Å²) < 4.78 is 10.2. The molecule has 0 fully saturated rings. The van der Waals surface area contributed by atoms with Crippen LogP contribution in [0.15, 0.2) is 12.1 Å². The van der Waals surface area contributed by atoms with E-state index in [0.717, 1.165) is 22.4 Å². The second-order valence-corrected chi connectivity index (χ2v) is 3.18. The van der Waals surface area contributed by atoms with E-state index in [4.69, 9.17) is 9.47 Å². The molecule has 1 aromatic rings. The standard InChI is InChI=1S/C10H12O3/c1-6-3-7-5-13-10(11)8(7)4-9(6)12-2/h3-4,10-11H,5H2,1-2H3. The summed E-state index contributed by atoms with van der Waals surface area (Å²) in [4.78, 5) is 0. The van der Waals surface area contributed by atoms with E-state index in [1.54, 1.807) is 7.11 Å². The molecule has 70 valence electrons. The Labute approximate surface area is 76.9 Å². The van der Waals surface area contributed by atoms with Crippen LogP contribution in [-0.2, 0) is 11.3 Å². The van der Waals surface area contributed by atoms with E-state index in [0.29, 0.717) is 6.61 Å². The minimum atomic E-state index is -0.788. The van der Waals surface area contributed by atoms with Crippen molar-refractivity contribution in [1.29, 1.82) is 0 Å². The molecule has 1 aliphatic rings. The van der Waals surface area contributed by atoms with Gasteiger partial charge in [0.15, 0.2) is 6.29 Å². The first-order valence-electron chi connectivity index (χ1n) is 4.19. The molecule has 0 aromatic heterocycles. The van der Waals surface area contributed by atoms with Crippen molar-refractivity contribution in [2.75, 3.05) is 7.11 Å². The predicted molar refractivity (Wildman–Crippen MR) is 47.5 cm³/mol. The molecule has 0 radical (unpaired) electrons. The average Bonchev–Trinajstić information content (AvgIpc) is 2.46. The summed E-state index contributed by atoms with van der Waals surface area (Å²) in [6.45, 7) is 2.46. The van der Waals surface area contributed by atoms with Crippen LogP contribution in [0.1, 0.15) is 23.0 Å². The Hall–Kier alpha value is -1.06. The molecule has 1 atom stereocenters. The minimum Gasteiger partial charge on any atom is -0.496 e. The van der Waals surface area contributed by atoms with Crippen LogP contribution in [-0.4, -0.2) is 12.2 Å². The van der Waals surface area contributed by atoms with Crippen LogP contribution in [0.2, 0.25) is 0 Å². The Morgan fingerprint density at radius 3 is 3.00 bits per heavy atom. The number of methoxy groups -OCH3 is 1. The molecular formula is C10H12O3. The van der Waals surface area contributed by atoms with Crippen LogP contribution in [0.25, 0.3) is 0 Å². The first kappa shape index (κ1) is 8.53. The zero-order chi connectivity index (χ0) is 9.42. The van der Waals surface area contributed by atoms with Gasteiger partial charge in [-0.05, 0) is 30.2 Å². The van der Waals surface area contributed by atoms with E-state index in [-0.39, 0.29) is 0 Å². The van der Waals surface area contributed by atoms with Gasteiger partial charge >= 0.3 is 0 Å². The number of aliphatic hydroxyl groups excluding tert-OH is 1. The first-order chi connectivity index (χ1) is 6.22. The molecule has 0 saturated carbocycles. The van der Waals surface area contributed by atoms with E-state index >= 15 is 0 Å². The molecule has 2 rings (SSSR count). The van der Waals surface area contributed by atoms with Gasteiger partial charge in [-0.25, -0.2) is 0 Å². The topological polar surface area (TPSA) is 38.7 Å². The van der Waals surface area contributed by atoms with Crippen molar-refractivity contribution in [3.05, 3.63) is 28.8 Å². The number of benzene rings is 1. The van der Waals surface area contributed by atoms with Crippen molar-refractivity contribution >= 4 is 0 Å². The first-order valence-corrected chi connectivity index (χ1v) is 4.19. The monoisotopic (exact) mass is 180 g/mol. The van der Waals surface area contributed by atoms with Gasteiger partial charge in [-0.3, -0.25) is 0 Å². The Morgan fingerprint density at radius 2 is 2.31 bits per heavy atom. The number of fused-ring (bicyclic) bond motifs is 1. The van der Waals surface area contributed by atoms with E-state index < -0.39 is 6.29 Å². The lowest BCUT2D eigenvalue weighted by molar-refractivity contribution is -0.0919. The number of rotatable bonds is 1. The summed E-state index contributed by atoms with van der Waals surface area (Å²) in [5.41, 5.74) is 2.94. The molecule has 13 heavy (non-hydrogen) atoms. The molecule has 1 heterocycles. The summed E-state index contributed by atoms with van der Waals surface area (Å²) in [6, 6.07) is 3.83. The molecule has 1 N–H and O–H groups in total. The fourth-order valence-electron chi connectivity index (χ4n) is 1.60. The Bertz CT molecular complexity index is 333. The van der Waals surface area contributed by atoms with E-state index in [2.05, 4.69) is 0 Å². The molecular weight excluding hydrogens is 168 g/mol. The fraction of sp³-hybridized carbons (Fsp3) is 0.400. The summed E-state index contributed by atoms with van der Waals surface area (Å²) in [6.07, 6.45) is -0.788. The van der Waals surface area contributed by atoms with Crippen molar-refractivity contribution in [3.63, 3.8) is 0 Å². The summed E-state index contributed by atoms with van der Waals surface area (Å²) in [5.74, 6) is 0.795. The number of hydrogen-bond donors (Lipinski definition) is 1. The lowest BCUT2D eigenvalue weighted by Crippen LogP contribution is -1.95. The molecule has 3 nitrogen and oxygen atoms in total. The average molecular weight is 180 g/mol. The molecule has 0 spiro atoms. The Kier molecular flexibility index (Phi) is 1.98. The van der Waals surface area contributed by atoms with Crippen molar-refractivity contribution in [2.45, 2.75) is 19.8 Å². The number of hydrogen-bond acceptors (Lipinski definition) is 3. The maximum absolute atomic E-state index is 9.41. The second-order valence-electron chi connectivity index (χ2n) is 3.18. The van der Waals surface area contributed by atoms with Crippen molar-refractivity contribution in [3.8, 4) is 5.75 Å². The molecule has 0 aliphatic carbocycles. The second kappa shape index (κ2) is 3.01. The highest BCUT2D eigenvalue weighted by Crippen LogP contribution is 2.33. The highest BCUT2D eigenvalue weighted by atomic mass is 16.6. The molecule has 0 saturated heterocycles. The summed E-state index contributed by atoms with van der Waals surface area (Å²) in [5, 5.41) is 9.41. The van der Waals surface area contributed by atoms with Crippen LogP contribution in [0.5, 0.6) is 5.75 Å². The Morgan fingerprint density at radius 1 is 1.54 bits per heavy atom. The minimum absolute atomic E-state index is 0.487. The van der Waals surface area contributed by atoms with Gasteiger partial charge in [0.05, 0.1) is 13.7 Å². The fourth-order valence-corrected chi connectivity index (χ4v) is 1.60. The van der Waals surface area contributed by atoms with Gasteiger partial charge in [-0.2, -0.15) is 0 Å². The number of aryl methyl sites for hydroxylation is 1. The van der Waals surface area contributed by atoms with Crippen LogP contribution in [0.3, 0.4) is 0 Å². The van der Waals surface area contributed by atoms with Crippen LogP contribution in [0, 0.1) is 6.92 Å². The third kappa shape index (κ3) is 1.30. The maximum atomic E-state index is 9.41. The van der Waals surface area contributed by atoms with Crippen LogP contribution < -0.4 is 4.74 Å². The van der Waals surface area contributed by atoms with Crippen molar-refractivity contribution < 1.29 is 14.6 Å². The number of aliphatic hydroxyl groups is 1. The van der Waals surface area contributed by atoms with Gasteiger partial charge < -0.3 is 14.6 Å². The normalized spacial score (nSPS) is 20.1. The summed E-state index contributed by atoms with van der Waals surface area (Å²) in [7, 11) is 1.62. The third-order valence-electron chi connectivity index (χ3n) is 2.32. The predicted octanol–water partition coefficient (Wildman–Crippen LogP) is 1.52. The van der Waals surface area contributed by atoms with Crippen LogP contribution in [0.4, 0.5) is 0 Å². The van der Waals surface area contributed by atoms with Crippen molar-refractivity contribution in [1.82, 2.24) is 0 Å². The quantitative estimate of drug-likeness (QED) is 0.712. The molecule has 0 amide bonds. The molecule has 3 heteroatoms. The smallest absolute Gasteiger partial charge is 0.182 e.